The van der Waals surface area contributed by atoms with Gasteiger partial charge >= 0.3 is 0 Å². The average Bonchev–Trinajstić information content (AvgIpc) is 2.32. The Labute approximate surface area is 104 Å². The van der Waals surface area contributed by atoms with Crippen LogP contribution in [-0.4, -0.2) is 16.4 Å². The van der Waals surface area contributed by atoms with E-state index >= 15 is 0 Å². The van der Waals surface area contributed by atoms with Gasteiger partial charge in [0.15, 0.2) is 0 Å². The monoisotopic (exact) mass is 247 g/mol. The molecule has 0 spiro atoms. The van der Waals surface area contributed by atoms with Gasteiger partial charge in [-0.3, -0.25) is 4.99 Å². The molecule has 2 rings (SSSR count). The van der Waals surface area contributed by atoms with E-state index in [0.29, 0.717) is 11.3 Å². The molecule has 17 heavy (non-hydrogen) atoms. The molecule has 0 saturated heterocycles. The number of phenols is 2. The Morgan fingerprint density at radius 3 is 2.47 bits per heavy atom. The van der Waals surface area contributed by atoms with Gasteiger partial charge in [0.1, 0.15) is 11.5 Å². The zero-order chi connectivity index (χ0) is 12.3. The van der Waals surface area contributed by atoms with Crippen LogP contribution in [0.25, 0.3) is 0 Å². The largest absolute Gasteiger partial charge is 0.507 e. The van der Waals surface area contributed by atoms with Crippen molar-refractivity contribution in [3.63, 3.8) is 0 Å². The predicted octanol–water partition coefficient (Wildman–Crippen LogP) is 3.50. The van der Waals surface area contributed by atoms with Gasteiger partial charge in [0.05, 0.1) is 10.7 Å². The van der Waals surface area contributed by atoms with Gasteiger partial charge in [-0.05, 0) is 30.3 Å². The number of para-hydroxylation sites is 1. The van der Waals surface area contributed by atoms with Crippen LogP contribution >= 0.6 is 11.6 Å². The molecule has 0 unspecified atom stereocenters. The fourth-order valence-corrected chi connectivity index (χ4v) is 1.49. The quantitative estimate of drug-likeness (QED) is 0.798. The lowest BCUT2D eigenvalue weighted by atomic mass is 10.2. The topological polar surface area (TPSA) is 52.8 Å². The van der Waals surface area contributed by atoms with Crippen LogP contribution in [0.2, 0.25) is 5.02 Å². The molecule has 0 atom stereocenters. The highest BCUT2D eigenvalue weighted by Gasteiger charge is 1.99. The molecule has 2 N–H and O–H groups in total. The zero-order valence-electron chi connectivity index (χ0n) is 8.84. The maximum Gasteiger partial charge on any atom is 0.134 e. The lowest BCUT2D eigenvalue weighted by Crippen LogP contribution is -1.80. The van der Waals surface area contributed by atoms with E-state index < -0.39 is 0 Å². The van der Waals surface area contributed by atoms with Crippen molar-refractivity contribution in [3.8, 4) is 11.5 Å². The molecule has 0 heterocycles. The number of nitrogens with zero attached hydrogens (tertiary/aromatic N) is 1. The number of hydrogen-bond donors (Lipinski definition) is 2. The highest BCUT2D eigenvalue weighted by atomic mass is 35.5. The molecule has 2 aromatic rings. The van der Waals surface area contributed by atoms with E-state index in [9.17, 15) is 10.2 Å². The Balaban J connectivity index is 2.26. The van der Waals surface area contributed by atoms with Crippen LogP contribution in [0, 0.1) is 0 Å². The molecule has 0 amide bonds. The van der Waals surface area contributed by atoms with Crippen LogP contribution in [-0.2, 0) is 0 Å². The summed E-state index contributed by atoms with van der Waals surface area (Å²) in [5.41, 5.74) is 1.23. The van der Waals surface area contributed by atoms with E-state index in [1.54, 1.807) is 30.3 Å². The van der Waals surface area contributed by atoms with Gasteiger partial charge in [-0.15, -0.1) is 0 Å². The van der Waals surface area contributed by atoms with E-state index in [0.717, 1.165) is 0 Å². The third kappa shape index (κ3) is 2.77. The summed E-state index contributed by atoms with van der Waals surface area (Å²) in [7, 11) is 0. The maximum atomic E-state index is 9.53. The van der Waals surface area contributed by atoms with Crippen molar-refractivity contribution in [1.29, 1.82) is 0 Å². The summed E-state index contributed by atoms with van der Waals surface area (Å²) >= 11 is 5.75. The molecule has 0 bridgehead atoms. The summed E-state index contributed by atoms with van der Waals surface area (Å²) in [6, 6.07) is 11.5. The van der Waals surface area contributed by atoms with Crippen LogP contribution in [0.5, 0.6) is 11.5 Å². The number of aromatic hydroxyl groups is 2. The Morgan fingerprint density at radius 1 is 1.00 bits per heavy atom. The van der Waals surface area contributed by atoms with Crippen molar-refractivity contribution in [1.82, 2.24) is 0 Å². The summed E-state index contributed by atoms with van der Waals surface area (Å²) in [6.07, 6.45) is 1.54. The Morgan fingerprint density at radius 2 is 1.76 bits per heavy atom. The normalized spacial score (nSPS) is 10.9. The van der Waals surface area contributed by atoms with Gasteiger partial charge < -0.3 is 10.2 Å². The molecule has 0 aromatic heterocycles. The number of phenolic OH excluding ortho intramolecular Hbond substituents is 2. The number of halogens is 1. The molecule has 3 nitrogen and oxygen atoms in total. The third-order valence-corrected chi connectivity index (χ3v) is 2.52. The molecule has 0 fully saturated rings. The average molecular weight is 248 g/mol. The van der Waals surface area contributed by atoms with Crippen LogP contribution in [0.4, 0.5) is 5.69 Å². The number of aliphatic imine (C=N–C) groups is 1. The molecule has 0 saturated carbocycles. The van der Waals surface area contributed by atoms with E-state index in [-0.39, 0.29) is 16.5 Å². The van der Waals surface area contributed by atoms with E-state index in [2.05, 4.69) is 4.99 Å². The van der Waals surface area contributed by atoms with Gasteiger partial charge in [-0.25, -0.2) is 0 Å². The Hall–Kier alpha value is -2.00. The first-order valence-electron chi connectivity index (χ1n) is 4.97. The van der Waals surface area contributed by atoms with Crippen LogP contribution < -0.4 is 0 Å². The first-order valence-corrected chi connectivity index (χ1v) is 5.35. The van der Waals surface area contributed by atoms with Gasteiger partial charge in [0, 0.05) is 11.8 Å². The summed E-state index contributed by atoms with van der Waals surface area (Å²) < 4.78 is 0. The minimum absolute atomic E-state index is 0.0215. The second-order valence-electron chi connectivity index (χ2n) is 3.45. The molecular formula is C13H10ClNO2. The molecular weight excluding hydrogens is 238 g/mol. The number of benzene rings is 2. The van der Waals surface area contributed by atoms with E-state index in [4.69, 9.17) is 11.6 Å². The lowest BCUT2D eigenvalue weighted by molar-refractivity contribution is 0.474. The fraction of sp³-hybridized carbons (Fsp3) is 0. The molecule has 2 aromatic carbocycles. The van der Waals surface area contributed by atoms with Crippen molar-refractivity contribution in [2.45, 2.75) is 0 Å². The molecule has 0 radical (unpaired) electrons. The van der Waals surface area contributed by atoms with Crippen molar-refractivity contribution >= 4 is 23.5 Å². The highest BCUT2D eigenvalue weighted by Crippen LogP contribution is 2.27. The first-order chi connectivity index (χ1) is 8.16. The van der Waals surface area contributed by atoms with Crippen molar-refractivity contribution < 1.29 is 10.2 Å². The minimum atomic E-state index is 0.0215. The number of rotatable bonds is 2. The first kappa shape index (κ1) is 11.5. The van der Waals surface area contributed by atoms with Crippen LogP contribution in [0.1, 0.15) is 5.56 Å². The highest BCUT2D eigenvalue weighted by molar-refractivity contribution is 6.32. The third-order valence-electron chi connectivity index (χ3n) is 2.22. The SMILES string of the molecule is Oc1ccc(N=Cc2ccccc2O)cc1Cl. The van der Waals surface area contributed by atoms with Gasteiger partial charge in [0.2, 0.25) is 0 Å². The van der Waals surface area contributed by atoms with Gasteiger partial charge in [0.25, 0.3) is 0 Å². The Bertz CT molecular complexity index is 567. The summed E-state index contributed by atoms with van der Waals surface area (Å²) in [5, 5.41) is 19.0. The van der Waals surface area contributed by atoms with E-state index in [1.807, 2.05) is 6.07 Å². The van der Waals surface area contributed by atoms with Crippen molar-refractivity contribution in [2.75, 3.05) is 0 Å². The second-order valence-corrected chi connectivity index (χ2v) is 3.86. The standard InChI is InChI=1S/C13H10ClNO2/c14-11-7-10(5-6-13(11)17)15-8-9-3-1-2-4-12(9)16/h1-8,16-17H. The molecule has 0 aliphatic carbocycles. The number of hydrogen-bond acceptors (Lipinski definition) is 3. The predicted molar refractivity (Wildman–Crippen MR) is 68.5 cm³/mol. The van der Waals surface area contributed by atoms with Crippen LogP contribution in [0.3, 0.4) is 0 Å². The molecule has 4 heteroatoms. The van der Waals surface area contributed by atoms with Crippen molar-refractivity contribution in [2.24, 2.45) is 4.99 Å². The molecule has 86 valence electrons. The molecule has 0 aliphatic heterocycles. The summed E-state index contributed by atoms with van der Waals surface area (Å²) in [4.78, 5) is 4.16. The smallest absolute Gasteiger partial charge is 0.134 e. The summed E-state index contributed by atoms with van der Waals surface area (Å²) in [6.45, 7) is 0. The summed E-state index contributed by atoms with van der Waals surface area (Å²) in [5.74, 6) is 0.189. The van der Waals surface area contributed by atoms with Gasteiger partial charge in [-0.1, -0.05) is 23.7 Å². The second kappa shape index (κ2) is 4.89. The van der Waals surface area contributed by atoms with E-state index in [1.165, 1.54) is 12.3 Å². The Kier molecular flexibility index (Phi) is 3.30. The minimum Gasteiger partial charge on any atom is -0.507 e. The van der Waals surface area contributed by atoms with Gasteiger partial charge in [-0.2, -0.15) is 0 Å². The fourth-order valence-electron chi connectivity index (χ4n) is 1.32. The molecule has 0 aliphatic rings. The maximum absolute atomic E-state index is 9.53. The van der Waals surface area contributed by atoms with Crippen LogP contribution in [0.15, 0.2) is 47.5 Å². The van der Waals surface area contributed by atoms with Crippen molar-refractivity contribution in [3.05, 3.63) is 53.1 Å². The lowest BCUT2D eigenvalue weighted by Gasteiger charge is -1.99. The zero-order valence-corrected chi connectivity index (χ0v) is 9.59.